The Labute approximate surface area is 83.4 Å². The van der Waals surface area contributed by atoms with Crippen LogP contribution in [0.2, 0.25) is 0 Å². The standard InChI is InChI=1S/C8H15NO4S/c1-3-14(12,13)8-6(4-5(2)10)7(11)9-8/h5-6,8,10H,3-4H2,1-2H3,(H,9,11). The fourth-order valence-corrected chi connectivity index (χ4v) is 2.90. The minimum Gasteiger partial charge on any atom is -0.393 e. The van der Waals surface area contributed by atoms with Gasteiger partial charge in [0, 0.05) is 5.75 Å². The molecule has 1 aliphatic heterocycles. The summed E-state index contributed by atoms with van der Waals surface area (Å²) in [6.45, 7) is 3.08. The fourth-order valence-electron chi connectivity index (χ4n) is 1.51. The minimum absolute atomic E-state index is 0.00819. The second kappa shape index (κ2) is 3.86. The van der Waals surface area contributed by atoms with Gasteiger partial charge < -0.3 is 10.4 Å². The summed E-state index contributed by atoms with van der Waals surface area (Å²) in [5.41, 5.74) is 0. The monoisotopic (exact) mass is 221 g/mol. The minimum atomic E-state index is -3.23. The fraction of sp³-hybridized carbons (Fsp3) is 0.875. The normalized spacial score (nSPS) is 29.2. The molecule has 14 heavy (non-hydrogen) atoms. The van der Waals surface area contributed by atoms with Crippen molar-refractivity contribution in [1.29, 1.82) is 0 Å². The van der Waals surface area contributed by atoms with Crippen LogP contribution in [0.4, 0.5) is 0 Å². The van der Waals surface area contributed by atoms with E-state index in [1.807, 2.05) is 0 Å². The number of hydrogen-bond acceptors (Lipinski definition) is 4. The molecule has 0 saturated carbocycles. The van der Waals surface area contributed by atoms with Crippen LogP contribution in [-0.4, -0.2) is 36.7 Å². The van der Waals surface area contributed by atoms with E-state index in [9.17, 15) is 13.2 Å². The van der Waals surface area contributed by atoms with Crippen molar-refractivity contribution in [1.82, 2.24) is 5.32 Å². The molecule has 0 radical (unpaired) electrons. The van der Waals surface area contributed by atoms with Crippen molar-refractivity contribution >= 4 is 15.7 Å². The lowest BCUT2D eigenvalue weighted by atomic mass is 9.95. The van der Waals surface area contributed by atoms with Crippen LogP contribution in [0.15, 0.2) is 0 Å². The van der Waals surface area contributed by atoms with E-state index < -0.39 is 27.2 Å². The smallest absolute Gasteiger partial charge is 0.227 e. The van der Waals surface area contributed by atoms with E-state index in [-0.39, 0.29) is 18.1 Å². The highest BCUT2D eigenvalue weighted by Gasteiger charge is 2.46. The molecule has 3 atom stereocenters. The van der Waals surface area contributed by atoms with Gasteiger partial charge in [0.05, 0.1) is 12.0 Å². The van der Waals surface area contributed by atoms with E-state index in [1.165, 1.54) is 0 Å². The predicted molar refractivity (Wildman–Crippen MR) is 51.2 cm³/mol. The summed E-state index contributed by atoms with van der Waals surface area (Å²) in [6, 6.07) is 0. The number of carbonyl (C=O) groups excluding carboxylic acids is 1. The maximum atomic E-state index is 11.4. The predicted octanol–water partition coefficient (Wildman–Crippen LogP) is -0.736. The van der Waals surface area contributed by atoms with Gasteiger partial charge in [-0.3, -0.25) is 4.79 Å². The van der Waals surface area contributed by atoms with Crippen molar-refractivity contribution in [3.8, 4) is 0 Å². The molecule has 1 saturated heterocycles. The SMILES string of the molecule is CCS(=O)(=O)C1NC(=O)C1CC(C)O. The molecule has 1 heterocycles. The molecule has 0 aromatic rings. The van der Waals surface area contributed by atoms with Gasteiger partial charge in [-0.05, 0) is 13.3 Å². The summed E-state index contributed by atoms with van der Waals surface area (Å²) in [5, 5.41) is 10.6. The summed E-state index contributed by atoms with van der Waals surface area (Å²) in [6.07, 6.45) is -0.448. The second-order valence-corrected chi connectivity index (χ2v) is 5.98. The van der Waals surface area contributed by atoms with Crippen molar-refractivity contribution in [3.05, 3.63) is 0 Å². The van der Waals surface area contributed by atoms with Crippen molar-refractivity contribution in [2.24, 2.45) is 5.92 Å². The lowest BCUT2D eigenvalue weighted by Gasteiger charge is -2.36. The largest absolute Gasteiger partial charge is 0.393 e. The Balaban J connectivity index is 2.71. The molecule has 0 spiro atoms. The molecule has 1 amide bonds. The summed E-state index contributed by atoms with van der Waals surface area (Å²) in [5.74, 6) is -0.860. The summed E-state index contributed by atoms with van der Waals surface area (Å²) < 4.78 is 22.8. The van der Waals surface area contributed by atoms with Gasteiger partial charge in [-0.15, -0.1) is 0 Å². The van der Waals surface area contributed by atoms with Gasteiger partial charge in [0.15, 0.2) is 9.84 Å². The van der Waals surface area contributed by atoms with Gasteiger partial charge in [0.1, 0.15) is 5.37 Å². The lowest BCUT2D eigenvalue weighted by molar-refractivity contribution is -0.133. The average molecular weight is 221 g/mol. The Kier molecular flexibility index (Phi) is 3.16. The summed E-state index contributed by atoms with van der Waals surface area (Å²) in [7, 11) is -3.23. The zero-order chi connectivity index (χ0) is 10.9. The Hall–Kier alpha value is -0.620. The number of sulfone groups is 1. The van der Waals surface area contributed by atoms with Gasteiger partial charge in [-0.1, -0.05) is 6.92 Å². The van der Waals surface area contributed by atoms with Gasteiger partial charge in [0.2, 0.25) is 5.91 Å². The van der Waals surface area contributed by atoms with Crippen molar-refractivity contribution in [2.45, 2.75) is 31.7 Å². The van der Waals surface area contributed by atoms with Crippen molar-refractivity contribution < 1.29 is 18.3 Å². The van der Waals surface area contributed by atoms with Crippen LogP contribution in [0.5, 0.6) is 0 Å². The number of aliphatic hydroxyl groups is 1. The molecule has 0 aromatic carbocycles. The molecule has 0 bridgehead atoms. The molecular weight excluding hydrogens is 206 g/mol. The quantitative estimate of drug-likeness (QED) is 0.613. The van der Waals surface area contributed by atoms with Gasteiger partial charge in [-0.25, -0.2) is 8.42 Å². The summed E-state index contributed by atoms with van der Waals surface area (Å²) in [4.78, 5) is 11.1. The van der Waals surface area contributed by atoms with E-state index >= 15 is 0 Å². The number of carbonyl (C=O) groups is 1. The van der Waals surface area contributed by atoms with Crippen LogP contribution in [0.25, 0.3) is 0 Å². The summed E-state index contributed by atoms with van der Waals surface area (Å²) >= 11 is 0. The number of β-lactam (4-membered cyclic amide) rings is 1. The molecule has 1 rings (SSSR count). The first-order valence-corrected chi connectivity index (χ1v) is 6.30. The number of aliphatic hydroxyl groups excluding tert-OH is 1. The molecule has 1 aliphatic rings. The highest BCUT2D eigenvalue weighted by molar-refractivity contribution is 7.92. The molecule has 82 valence electrons. The Bertz CT molecular complexity index is 322. The van der Waals surface area contributed by atoms with E-state index in [0.29, 0.717) is 0 Å². The van der Waals surface area contributed by atoms with E-state index in [0.717, 1.165) is 0 Å². The second-order valence-electron chi connectivity index (χ2n) is 3.57. The third-order valence-electron chi connectivity index (χ3n) is 2.37. The Morgan fingerprint density at radius 3 is 2.50 bits per heavy atom. The van der Waals surface area contributed by atoms with Crippen molar-refractivity contribution in [3.63, 3.8) is 0 Å². The van der Waals surface area contributed by atoms with E-state index in [4.69, 9.17) is 5.11 Å². The number of hydrogen-bond donors (Lipinski definition) is 2. The van der Waals surface area contributed by atoms with Crippen LogP contribution < -0.4 is 5.32 Å². The molecular formula is C8H15NO4S. The maximum Gasteiger partial charge on any atom is 0.227 e. The first-order valence-electron chi connectivity index (χ1n) is 4.58. The topological polar surface area (TPSA) is 83.5 Å². The molecule has 2 N–H and O–H groups in total. The third kappa shape index (κ3) is 2.06. The van der Waals surface area contributed by atoms with Gasteiger partial charge in [-0.2, -0.15) is 0 Å². The van der Waals surface area contributed by atoms with Crippen molar-refractivity contribution in [2.75, 3.05) is 5.75 Å². The van der Waals surface area contributed by atoms with Crippen LogP contribution in [0, 0.1) is 5.92 Å². The maximum absolute atomic E-state index is 11.4. The molecule has 3 unspecified atom stereocenters. The Morgan fingerprint density at radius 2 is 2.14 bits per heavy atom. The van der Waals surface area contributed by atoms with Gasteiger partial charge in [0.25, 0.3) is 0 Å². The third-order valence-corrected chi connectivity index (χ3v) is 4.40. The zero-order valence-corrected chi connectivity index (χ0v) is 9.04. The molecule has 6 heteroatoms. The van der Waals surface area contributed by atoms with E-state index in [2.05, 4.69) is 5.32 Å². The van der Waals surface area contributed by atoms with Gasteiger partial charge >= 0.3 is 0 Å². The highest BCUT2D eigenvalue weighted by Crippen LogP contribution is 2.25. The van der Waals surface area contributed by atoms with Crippen LogP contribution >= 0.6 is 0 Å². The first-order chi connectivity index (χ1) is 6.38. The molecule has 1 fully saturated rings. The Morgan fingerprint density at radius 1 is 1.57 bits per heavy atom. The van der Waals surface area contributed by atoms with Crippen LogP contribution in [-0.2, 0) is 14.6 Å². The van der Waals surface area contributed by atoms with E-state index in [1.54, 1.807) is 13.8 Å². The number of rotatable bonds is 4. The van der Waals surface area contributed by atoms with Crippen LogP contribution in [0.1, 0.15) is 20.3 Å². The molecule has 0 aromatic heterocycles. The number of nitrogens with one attached hydrogen (secondary N) is 1. The zero-order valence-electron chi connectivity index (χ0n) is 8.23. The first kappa shape index (κ1) is 11.5. The molecule has 5 nitrogen and oxygen atoms in total. The average Bonchev–Trinajstić information content (AvgIpc) is 2.10. The number of amides is 1. The molecule has 0 aliphatic carbocycles. The highest BCUT2D eigenvalue weighted by atomic mass is 32.2. The lowest BCUT2D eigenvalue weighted by Crippen LogP contribution is -2.62. The van der Waals surface area contributed by atoms with Crippen LogP contribution in [0.3, 0.4) is 0 Å².